The molecule has 1 fully saturated rings. The third-order valence-corrected chi connectivity index (χ3v) is 5.40. The maximum Gasteiger partial charge on any atom is 0.325 e. The molecular weight excluding hydrogens is 412 g/mol. The Balaban J connectivity index is 1.98. The summed E-state index contributed by atoms with van der Waals surface area (Å²) in [6, 6.07) is 5.27. The van der Waals surface area contributed by atoms with Gasteiger partial charge in [0.15, 0.2) is 0 Å². The van der Waals surface area contributed by atoms with E-state index in [1.807, 2.05) is 0 Å². The Morgan fingerprint density at radius 2 is 1.67 bits per heavy atom. The SMILES string of the molecule is COC(=O)CN(Cc1cc(OC)cc(OC)c1)C(=O)CSCC(=O)N1CCOCC1. The highest BCUT2D eigenvalue weighted by Crippen LogP contribution is 2.23. The molecule has 1 heterocycles. The van der Waals surface area contributed by atoms with Crippen LogP contribution < -0.4 is 9.47 Å². The van der Waals surface area contributed by atoms with Gasteiger partial charge in [0, 0.05) is 25.7 Å². The molecule has 0 radical (unpaired) electrons. The first-order valence-corrected chi connectivity index (χ1v) is 10.6. The number of nitrogens with zero attached hydrogens (tertiary/aromatic N) is 2. The second-order valence-corrected chi connectivity index (χ2v) is 7.52. The second kappa shape index (κ2) is 12.3. The molecule has 30 heavy (non-hydrogen) atoms. The molecule has 0 saturated carbocycles. The highest BCUT2D eigenvalue weighted by molar-refractivity contribution is 8.00. The quantitative estimate of drug-likeness (QED) is 0.493. The maximum absolute atomic E-state index is 12.8. The van der Waals surface area contributed by atoms with E-state index < -0.39 is 5.97 Å². The fraction of sp³-hybridized carbons (Fsp3) is 0.550. The Labute approximate surface area is 180 Å². The van der Waals surface area contributed by atoms with Crippen LogP contribution in [-0.2, 0) is 30.4 Å². The molecule has 0 aliphatic carbocycles. The number of methoxy groups -OCH3 is 3. The van der Waals surface area contributed by atoms with Crippen LogP contribution in [-0.4, -0.2) is 93.3 Å². The van der Waals surface area contributed by atoms with Crippen LogP contribution in [0.3, 0.4) is 0 Å². The Morgan fingerprint density at radius 1 is 1.03 bits per heavy atom. The van der Waals surface area contributed by atoms with Gasteiger partial charge in [0.25, 0.3) is 0 Å². The first-order chi connectivity index (χ1) is 14.5. The normalized spacial score (nSPS) is 13.5. The smallest absolute Gasteiger partial charge is 0.325 e. The fourth-order valence-corrected chi connectivity index (χ4v) is 3.67. The van der Waals surface area contributed by atoms with Crippen molar-refractivity contribution < 1.29 is 33.3 Å². The minimum Gasteiger partial charge on any atom is -0.497 e. The fourth-order valence-electron chi connectivity index (χ4n) is 2.85. The van der Waals surface area contributed by atoms with Crippen LogP contribution >= 0.6 is 11.8 Å². The highest BCUT2D eigenvalue weighted by Gasteiger charge is 2.21. The van der Waals surface area contributed by atoms with E-state index in [-0.39, 0.29) is 36.4 Å². The number of rotatable bonds is 10. The standard InChI is InChI=1S/C20H28N2O7S/c1-26-16-8-15(9-17(10-16)27-2)11-22(12-20(25)28-3)19(24)14-30-13-18(23)21-4-6-29-7-5-21/h8-10H,4-7,11-14H2,1-3H3. The summed E-state index contributed by atoms with van der Waals surface area (Å²) < 4.78 is 20.5. The summed E-state index contributed by atoms with van der Waals surface area (Å²) in [6.45, 7) is 2.20. The first kappa shape index (κ1) is 23.8. The van der Waals surface area contributed by atoms with Crippen LogP contribution in [0.2, 0.25) is 0 Å². The van der Waals surface area contributed by atoms with Gasteiger partial charge in [-0.1, -0.05) is 0 Å². The van der Waals surface area contributed by atoms with E-state index in [0.29, 0.717) is 37.8 Å². The molecule has 0 unspecified atom stereocenters. The van der Waals surface area contributed by atoms with Crippen molar-refractivity contribution in [3.05, 3.63) is 23.8 Å². The molecule has 9 nitrogen and oxygen atoms in total. The van der Waals surface area contributed by atoms with E-state index in [1.165, 1.54) is 38.0 Å². The van der Waals surface area contributed by atoms with Crippen LogP contribution in [0.25, 0.3) is 0 Å². The second-order valence-electron chi connectivity index (χ2n) is 6.53. The molecular formula is C20H28N2O7S. The van der Waals surface area contributed by atoms with Crippen LogP contribution in [0.5, 0.6) is 11.5 Å². The third kappa shape index (κ3) is 7.42. The highest BCUT2D eigenvalue weighted by atomic mass is 32.2. The summed E-state index contributed by atoms with van der Waals surface area (Å²) in [4.78, 5) is 39.9. The van der Waals surface area contributed by atoms with Crippen molar-refractivity contribution in [3.8, 4) is 11.5 Å². The zero-order valence-corrected chi connectivity index (χ0v) is 18.4. The summed E-state index contributed by atoms with van der Waals surface area (Å²) >= 11 is 1.23. The Hall–Kier alpha value is -2.46. The topological polar surface area (TPSA) is 94.6 Å². The van der Waals surface area contributed by atoms with Crippen LogP contribution in [0.15, 0.2) is 18.2 Å². The molecule has 2 amide bonds. The number of hydrogen-bond acceptors (Lipinski definition) is 8. The number of amides is 2. The van der Waals surface area contributed by atoms with Crippen molar-refractivity contribution in [2.75, 3.05) is 65.7 Å². The monoisotopic (exact) mass is 440 g/mol. The lowest BCUT2D eigenvalue weighted by atomic mass is 10.2. The van der Waals surface area contributed by atoms with Gasteiger partial charge in [-0.15, -0.1) is 11.8 Å². The molecule has 2 rings (SSSR count). The number of thioether (sulfide) groups is 1. The van der Waals surface area contributed by atoms with Gasteiger partial charge in [-0.3, -0.25) is 14.4 Å². The molecule has 0 spiro atoms. The van der Waals surface area contributed by atoms with Crippen molar-refractivity contribution in [2.45, 2.75) is 6.54 Å². The predicted molar refractivity (Wildman–Crippen MR) is 112 cm³/mol. The summed E-state index contributed by atoms with van der Waals surface area (Å²) in [5, 5.41) is 0. The van der Waals surface area contributed by atoms with E-state index in [9.17, 15) is 14.4 Å². The molecule has 0 atom stereocenters. The molecule has 0 N–H and O–H groups in total. The van der Waals surface area contributed by atoms with Crippen molar-refractivity contribution in [3.63, 3.8) is 0 Å². The molecule has 1 aliphatic heterocycles. The Morgan fingerprint density at radius 3 is 2.23 bits per heavy atom. The average molecular weight is 441 g/mol. The lowest BCUT2D eigenvalue weighted by molar-refractivity contribution is -0.146. The van der Waals surface area contributed by atoms with Crippen molar-refractivity contribution in [1.29, 1.82) is 0 Å². The minimum atomic E-state index is -0.521. The van der Waals surface area contributed by atoms with Crippen molar-refractivity contribution >= 4 is 29.5 Å². The molecule has 1 aliphatic rings. The van der Waals surface area contributed by atoms with Gasteiger partial charge in [-0.05, 0) is 17.7 Å². The zero-order chi connectivity index (χ0) is 21.9. The molecule has 1 aromatic rings. The largest absolute Gasteiger partial charge is 0.497 e. The van der Waals surface area contributed by atoms with Crippen LogP contribution in [0.1, 0.15) is 5.56 Å². The molecule has 1 saturated heterocycles. The summed E-state index contributed by atoms with van der Waals surface area (Å²) in [7, 11) is 4.35. The van der Waals surface area contributed by atoms with Crippen LogP contribution in [0.4, 0.5) is 0 Å². The van der Waals surface area contributed by atoms with Gasteiger partial charge in [0.2, 0.25) is 11.8 Å². The Bertz CT molecular complexity index is 716. The maximum atomic E-state index is 12.8. The number of benzene rings is 1. The summed E-state index contributed by atoms with van der Waals surface area (Å²) in [5.74, 6) is 0.641. The van der Waals surface area contributed by atoms with Crippen molar-refractivity contribution in [2.24, 2.45) is 0 Å². The molecule has 166 valence electrons. The number of carbonyl (C=O) groups excluding carboxylic acids is 3. The third-order valence-electron chi connectivity index (χ3n) is 4.50. The molecule has 1 aromatic carbocycles. The van der Waals surface area contributed by atoms with E-state index >= 15 is 0 Å². The van der Waals surface area contributed by atoms with E-state index in [4.69, 9.17) is 18.9 Å². The number of carbonyl (C=O) groups is 3. The van der Waals surface area contributed by atoms with E-state index in [1.54, 1.807) is 23.1 Å². The van der Waals surface area contributed by atoms with Gasteiger partial charge >= 0.3 is 5.97 Å². The van der Waals surface area contributed by atoms with E-state index in [0.717, 1.165) is 5.56 Å². The number of esters is 1. The Kier molecular flexibility index (Phi) is 9.75. The van der Waals surface area contributed by atoms with E-state index in [2.05, 4.69) is 0 Å². The first-order valence-electron chi connectivity index (χ1n) is 9.46. The molecule has 0 aromatic heterocycles. The summed E-state index contributed by atoms with van der Waals surface area (Å²) in [6.07, 6.45) is 0. The number of morpholine rings is 1. The zero-order valence-electron chi connectivity index (χ0n) is 17.5. The number of hydrogen-bond donors (Lipinski definition) is 0. The summed E-state index contributed by atoms with van der Waals surface area (Å²) in [5.41, 5.74) is 0.748. The van der Waals surface area contributed by atoms with Crippen molar-refractivity contribution in [1.82, 2.24) is 9.80 Å². The van der Waals surface area contributed by atoms with Gasteiger partial charge < -0.3 is 28.7 Å². The molecule has 10 heteroatoms. The minimum absolute atomic E-state index is 0.0202. The van der Waals surface area contributed by atoms with Gasteiger partial charge in [-0.25, -0.2) is 0 Å². The number of ether oxygens (including phenoxy) is 4. The van der Waals surface area contributed by atoms with Gasteiger partial charge in [0.1, 0.15) is 18.0 Å². The molecule has 0 bridgehead atoms. The predicted octanol–water partition coefficient (Wildman–Crippen LogP) is 0.797. The van der Waals surface area contributed by atoms with Gasteiger partial charge in [0.05, 0.1) is 46.0 Å². The average Bonchev–Trinajstić information content (AvgIpc) is 2.78. The lowest BCUT2D eigenvalue weighted by Gasteiger charge is -2.27. The van der Waals surface area contributed by atoms with Crippen LogP contribution in [0, 0.1) is 0 Å². The lowest BCUT2D eigenvalue weighted by Crippen LogP contribution is -2.42. The van der Waals surface area contributed by atoms with Gasteiger partial charge in [-0.2, -0.15) is 0 Å².